The molecule has 3 aromatic rings. The summed E-state index contributed by atoms with van der Waals surface area (Å²) in [6.45, 7) is 4.12. The average Bonchev–Trinajstić information content (AvgIpc) is 3.08. The predicted molar refractivity (Wildman–Crippen MR) is 104 cm³/mol. The fourth-order valence-corrected chi connectivity index (χ4v) is 2.79. The van der Waals surface area contributed by atoms with E-state index in [9.17, 15) is 4.79 Å². The molecule has 0 spiro atoms. The Balaban J connectivity index is 1.75. The highest BCUT2D eigenvalue weighted by Crippen LogP contribution is 2.22. The number of aromatic nitrogens is 2. The lowest BCUT2D eigenvalue weighted by molar-refractivity contribution is -0.117. The van der Waals surface area contributed by atoms with Gasteiger partial charge >= 0.3 is 0 Å². The van der Waals surface area contributed by atoms with E-state index in [1.54, 1.807) is 13.2 Å². The van der Waals surface area contributed by atoms with Crippen LogP contribution in [0, 0.1) is 5.92 Å². The molecule has 0 radical (unpaired) electrons. The molecule has 0 aliphatic carbocycles. The molecule has 0 saturated carbocycles. The van der Waals surface area contributed by atoms with Crippen molar-refractivity contribution in [3.05, 3.63) is 66.0 Å². The number of hydrogen-bond acceptors (Lipinski definition) is 3. The Morgan fingerprint density at radius 3 is 2.73 bits per heavy atom. The van der Waals surface area contributed by atoms with E-state index in [-0.39, 0.29) is 17.9 Å². The van der Waals surface area contributed by atoms with Crippen LogP contribution in [0.2, 0.25) is 0 Å². The van der Waals surface area contributed by atoms with Gasteiger partial charge in [-0.3, -0.25) is 4.79 Å². The summed E-state index contributed by atoms with van der Waals surface area (Å²) in [7, 11) is 1.62. The molecule has 3 rings (SSSR count). The number of nitrogens with zero attached hydrogens (tertiary/aromatic N) is 1. The number of imidazole rings is 1. The van der Waals surface area contributed by atoms with Crippen molar-refractivity contribution in [1.29, 1.82) is 0 Å². The Morgan fingerprint density at radius 1 is 1.19 bits per heavy atom. The minimum atomic E-state index is -0.190. The lowest BCUT2D eigenvalue weighted by Gasteiger charge is -2.19. The second-order valence-corrected chi connectivity index (χ2v) is 6.48. The molecule has 0 unspecified atom stereocenters. The summed E-state index contributed by atoms with van der Waals surface area (Å²) in [6.07, 6.45) is 3.31. The maximum Gasteiger partial charge on any atom is 0.244 e. The number of amides is 1. The fraction of sp³-hybridized carbons (Fsp3) is 0.238. The van der Waals surface area contributed by atoms with E-state index in [0.717, 1.165) is 28.2 Å². The maximum atomic E-state index is 12.4. The zero-order valence-corrected chi connectivity index (χ0v) is 15.2. The Hall–Kier alpha value is -3.08. The van der Waals surface area contributed by atoms with Crippen LogP contribution in [0.4, 0.5) is 0 Å². The fourth-order valence-electron chi connectivity index (χ4n) is 2.79. The minimum absolute atomic E-state index is 0.160. The van der Waals surface area contributed by atoms with E-state index >= 15 is 0 Å². The highest BCUT2D eigenvalue weighted by atomic mass is 16.5. The number of aromatic amines is 1. The first-order chi connectivity index (χ1) is 12.6. The third-order valence-electron chi connectivity index (χ3n) is 4.19. The van der Waals surface area contributed by atoms with Gasteiger partial charge in [-0.1, -0.05) is 38.1 Å². The van der Waals surface area contributed by atoms with Crippen LogP contribution in [-0.4, -0.2) is 23.0 Å². The van der Waals surface area contributed by atoms with Gasteiger partial charge in [-0.15, -0.1) is 0 Å². The van der Waals surface area contributed by atoms with Crippen LogP contribution in [-0.2, 0) is 4.79 Å². The standard InChI is InChI=1S/C21H23N3O2/c1-14(2)20(21-22-17-9-4-5-10-18(17)23-21)24-19(25)12-11-15-7-6-8-16(13-15)26-3/h4-14,20H,1-3H3,(H,22,23)(H,24,25)/b12-11+/t20-/m0/s1. The molecule has 1 atom stereocenters. The Kier molecular flexibility index (Phi) is 5.37. The lowest BCUT2D eigenvalue weighted by atomic mass is 10.0. The lowest BCUT2D eigenvalue weighted by Crippen LogP contribution is -2.31. The molecule has 1 aromatic heterocycles. The van der Waals surface area contributed by atoms with Crippen molar-refractivity contribution in [3.8, 4) is 5.75 Å². The van der Waals surface area contributed by atoms with Gasteiger partial charge in [-0.2, -0.15) is 0 Å². The van der Waals surface area contributed by atoms with Crippen molar-refractivity contribution in [3.63, 3.8) is 0 Å². The molecule has 5 nitrogen and oxygen atoms in total. The number of rotatable bonds is 6. The van der Waals surface area contributed by atoms with Gasteiger partial charge in [0.15, 0.2) is 0 Å². The third-order valence-corrected chi connectivity index (χ3v) is 4.19. The van der Waals surface area contributed by atoms with Crippen LogP contribution in [0.25, 0.3) is 17.1 Å². The summed E-state index contributed by atoms with van der Waals surface area (Å²) in [6, 6.07) is 15.2. The summed E-state index contributed by atoms with van der Waals surface area (Å²) >= 11 is 0. The minimum Gasteiger partial charge on any atom is -0.497 e. The first kappa shape index (κ1) is 17.7. The van der Waals surface area contributed by atoms with Gasteiger partial charge in [-0.25, -0.2) is 4.98 Å². The first-order valence-electron chi connectivity index (χ1n) is 8.64. The van der Waals surface area contributed by atoms with Crippen LogP contribution in [0.15, 0.2) is 54.6 Å². The maximum absolute atomic E-state index is 12.4. The highest BCUT2D eigenvalue weighted by Gasteiger charge is 2.20. The van der Waals surface area contributed by atoms with Crippen molar-refractivity contribution in [1.82, 2.24) is 15.3 Å². The van der Waals surface area contributed by atoms with E-state index < -0.39 is 0 Å². The smallest absolute Gasteiger partial charge is 0.244 e. The quantitative estimate of drug-likeness (QED) is 0.659. The van der Waals surface area contributed by atoms with Crippen LogP contribution in [0.5, 0.6) is 5.75 Å². The molecule has 1 amide bonds. The number of H-pyrrole nitrogens is 1. The Bertz CT molecular complexity index is 895. The normalized spacial score (nSPS) is 12.6. The number of carbonyl (C=O) groups excluding carboxylic acids is 1. The van der Waals surface area contributed by atoms with E-state index in [4.69, 9.17) is 4.74 Å². The van der Waals surface area contributed by atoms with Gasteiger partial charge in [-0.05, 0) is 41.8 Å². The van der Waals surface area contributed by atoms with E-state index in [2.05, 4.69) is 29.1 Å². The molecule has 26 heavy (non-hydrogen) atoms. The van der Waals surface area contributed by atoms with Gasteiger partial charge in [0.25, 0.3) is 0 Å². The molecule has 5 heteroatoms. The first-order valence-corrected chi connectivity index (χ1v) is 8.64. The second kappa shape index (κ2) is 7.87. The summed E-state index contributed by atoms with van der Waals surface area (Å²) in [4.78, 5) is 20.3. The number of hydrogen-bond donors (Lipinski definition) is 2. The van der Waals surface area contributed by atoms with Crippen molar-refractivity contribution >= 4 is 23.0 Å². The molecule has 0 aliphatic heterocycles. The largest absolute Gasteiger partial charge is 0.497 e. The Morgan fingerprint density at radius 2 is 2.00 bits per heavy atom. The molecule has 2 N–H and O–H groups in total. The van der Waals surface area contributed by atoms with Gasteiger partial charge in [0.05, 0.1) is 24.2 Å². The highest BCUT2D eigenvalue weighted by molar-refractivity contribution is 5.92. The topological polar surface area (TPSA) is 67.0 Å². The predicted octanol–water partition coefficient (Wildman–Crippen LogP) is 4.10. The van der Waals surface area contributed by atoms with E-state index in [1.807, 2.05) is 48.5 Å². The Labute approximate surface area is 153 Å². The molecular formula is C21H23N3O2. The number of fused-ring (bicyclic) bond motifs is 1. The molecule has 0 saturated heterocycles. The van der Waals surface area contributed by atoms with Crippen molar-refractivity contribution < 1.29 is 9.53 Å². The summed E-state index contributed by atoms with van der Waals surface area (Å²) in [5.41, 5.74) is 2.77. The van der Waals surface area contributed by atoms with Crippen molar-refractivity contribution in [2.24, 2.45) is 5.92 Å². The number of carbonyl (C=O) groups is 1. The summed E-state index contributed by atoms with van der Waals surface area (Å²) < 4.78 is 5.20. The SMILES string of the molecule is COc1cccc(/C=C/C(=O)N[C@H](c2nc3ccccc3[nH]2)C(C)C)c1. The third kappa shape index (κ3) is 4.11. The molecular weight excluding hydrogens is 326 g/mol. The molecule has 0 aliphatic rings. The van der Waals surface area contributed by atoms with Crippen molar-refractivity contribution in [2.75, 3.05) is 7.11 Å². The van der Waals surface area contributed by atoms with E-state index in [1.165, 1.54) is 6.08 Å². The number of para-hydroxylation sites is 2. The van der Waals surface area contributed by atoms with Crippen LogP contribution in [0.1, 0.15) is 31.3 Å². The van der Waals surface area contributed by atoms with Gasteiger partial charge in [0.2, 0.25) is 5.91 Å². The summed E-state index contributed by atoms with van der Waals surface area (Å²) in [5, 5.41) is 3.04. The van der Waals surface area contributed by atoms with Gasteiger partial charge in [0.1, 0.15) is 11.6 Å². The van der Waals surface area contributed by atoms with Crippen LogP contribution < -0.4 is 10.1 Å². The zero-order valence-electron chi connectivity index (χ0n) is 15.2. The van der Waals surface area contributed by atoms with Gasteiger partial charge in [0, 0.05) is 6.08 Å². The monoisotopic (exact) mass is 349 g/mol. The number of methoxy groups -OCH3 is 1. The molecule has 134 valence electrons. The molecule has 1 heterocycles. The number of nitrogens with one attached hydrogen (secondary N) is 2. The molecule has 0 fully saturated rings. The molecule has 2 aromatic carbocycles. The number of ether oxygens (including phenoxy) is 1. The molecule has 0 bridgehead atoms. The second-order valence-electron chi connectivity index (χ2n) is 6.48. The number of benzene rings is 2. The zero-order chi connectivity index (χ0) is 18.5. The van der Waals surface area contributed by atoms with Gasteiger partial charge < -0.3 is 15.0 Å². The van der Waals surface area contributed by atoms with E-state index in [0.29, 0.717) is 0 Å². The van der Waals surface area contributed by atoms with Crippen molar-refractivity contribution in [2.45, 2.75) is 19.9 Å². The van der Waals surface area contributed by atoms with Crippen LogP contribution >= 0.6 is 0 Å². The average molecular weight is 349 g/mol. The summed E-state index contributed by atoms with van der Waals surface area (Å²) in [5.74, 6) is 1.57. The van der Waals surface area contributed by atoms with Crippen LogP contribution in [0.3, 0.4) is 0 Å².